The van der Waals surface area contributed by atoms with Gasteiger partial charge >= 0.3 is 6.18 Å². The summed E-state index contributed by atoms with van der Waals surface area (Å²) in [4.78, 5) is 16.7. The van der Waals surface area contributed by atoms with E-state index in [0.717, 1.165) is 19.3 Å². The first-order valence-electron chi connectivity index (χ1n) is 11.9. The van der Waals surface area contributed by atoms with Crippen LogP contribution in [0.15, 0.2) is 47.1 Å². The number of nitrogens with one attached hydrogen (secondary N) is 3. The zero-order valence-electron chi connectivity index (χ0n) is 21.0. The van der Waals surface area contributed by atoms with Crippen LogP contribution in [0.25, 0.3) is 0 Å². The van der Waals surface area contributed by atoms with Gasteiger partial charge in [0.25, 0.3) is 0 Å². The number of para-hydroxylation sites is 1. The lowest BCUT2D eigenvalue weighted by molar-refractivity contribution is -0.130. The molecule has 0 aliphatic carbocycles. The molecule has 1 aliphatic rings. The molecule has 3 N–H and O–H groups in total. The first kappa shape index (κ1) is 31.6. The van der Waals surface area contributed by atoms with Crippen molar-refractivity contribution >= 4 is 18.3 Å². The first-order chi connectivity index (χ1) is 16.2. The smallest absolute Gasteiger partial charge is 0.385 e. The maximum Gasteiger partial charge on any atom is 0.415 e. The van der Waals surface area contributed by atoms with Crippen LogP contribution in [0.3, 0.4) is 0 Å². The molecule has 0 spiro atoms. The van der Waals surface area contributed by atoms with E-state index in [1.54, 1.807) is 4.90 Å². The molecule has 1 aromatic carbocycles. The van der Waals surface area contributed by atoms with Crippen molar-refractivity contribution in [1.82, 2.24) is 15.5 Å². The summed E-state index contributed by atoms with van der Waals surface area (Å²) in [6.45, 7) is 14.8. The number of halogens is 3. The van der Waals surface area contributed by atoms with Crippen molar-refractivity contribution in [2.45, 2.75) is 59.2 Å². The van der Waals surface area contributed by atoms with Crippen LogP contribution in [-0.4, -0.2) is 69.0 Å². The summed E-state index contributed by atoms with van der Waals surface area (Å²) in [5, 5.41) is 9.16. The molecule has 9 heteroatoms. The Kier molecular flexibility index (Phi) is 17.6. The van der Waals surface area contributed by atoms with E-state index >= 15 is 0 Å². The van der Waals surface area contributed by atoms with Crippen molar-refractivity contribution in [3.05, 3.63) is 42.1 Å². The minimum atomic E-state index is -4.43. The molecule has 1 aliphatic heterocycles. The van der Waals surface area contributed by atoms with Gasteiger partial charge in [-0.1, -0.05) is 38.5 Å². The topological polar surface area (TPSA) is 68.8 Å². The predicted octanol–water partition coefficient (Wildman–Crippen LogP) is 4.86. The van der Waals surface area contributed by atoms with Gasteiger partial charge in [-0.25, -0.2) is 0 Å². The van der Waals surface area contributed by atoms with Gasteiger partial charge in [0, 0.05) is 57.1 Å². The van der Waals surface area contributed by atoms with E-state index < -0.39 is 17.8 Å². The summed E-state index contributed by atoms with van der Waals surface area (Å²) >= 11 is 0. The quantitative estimate of drug-likeness (QED) is 0.345. The number of amides is 1. The number of hydrogen-bond donors (Lipinski definition) is 3. The normalized spacial score (nSPS) is 15.2. The number of anilines is 1. The zero-order chi connectivity index (χ0) is 25.8. The largest absolute Gasteiger partial charge is 0.415 e. The number of alkyl halides is 3. The Morgan fingerprint density at radius 2 is 1.88 bits per heavy atom. The molecule has 0 bridgehead atoms. The average molecular weight is 486 g/mol. The van der Waals surface area contributed by atoms with E-state index in [9.17, 15) is 18.0 Å². The van der Waals surface area contributed by atoms with E-state index in [-0.39, 0.29) is 5.91 Å². The number of carbonyl (C=O) groups is 1. The fourth-order valence-electron chi connectivity index (χ4n) is 3.04. The first-order valence-corrected chi connectivity index (χ1v) is 11.9. The van der Waals surface area contributed by atoms with Crippen LogP contribution in [0.2, 0.25) is 0 Å². The van der Waals surface area contributed by atoms with E-state index in [0.29, 0.717) is 39.0 Å². The second-order valence-electron chi connectivity index (χ2n) is 7.78. The fraction of sp³-hybridized carbons (Fsp3) is 0.600. The number of benzene rings is 1. The molecule has 194 valence electrons. The fourth-order valence-corrected chi connectivity index (χ4v) is 3.04. The Balaban J connectivity index is 0.000000745. The van der Waals surface area contributed by atoms with Gasteiger partial charge in [0.05, 0.1) is 5.57 Å². The number of nitrogens with zero attached hydrogens (tertiary/aromatic N) is 2. The van der Waals surface area contributed by atoms with Crippen molar-refractivity contribution < 1.29 is 18.0 Å². The summed E-state index contributed by atoms with van der Waals surface area (Å²) < 4.78 is 38.4. The highest BCUT2D eigenvalue weighted by molar-refractivity contribution is 5.76. The summed E-state index contributed by atoms with van der Waals surface area (Å²) in [6, 6.07) is 9.32. The lowest BCUT2D eigenvalue weighted by Crippen LogP contribution is -2.38. The average Bonchev–Trinajstić information content (AvgIpc) is 3.00. The van der Waals surface area contributed by atoms with Crippen molar-refractivity contribution in [3.8, 4) is 0 Å². The molecule has 1 aromatic rings. The second kappa shape index (κ2) is 19.0. The number of carbonyl (C=O) groups excluding carboxylic acids is 1. The molecule has 1 atom stereocenters. The molecular weight excluding hydrogens is 443 g/mol. The summed E-state index contributed by atoms with van der Waals surface area (Å²) in [6.07, 6.45) is -1.37. The van der Waals surface area contributed by atoms with Gasteiger partial charge < -0.3 is 20.9 Å². The van der Waals surface area contributed by atoms with Crippen LogP contribution in [0.4, 0.5) is 18.9 Å². The molecule has 0 aromatic heterocycles. The van der Waals surface area contributed by atoms with Crippen molar-refractivity contribution in [3.63, 3.8) is 0 Å². The molecule has 1 heterocycles. The van der Waals surface area contributed by atoms with E-state index in [1.807, 2.05) is 18.2 Å². The highest BCUT2D eigenvalue weighted by Crippen LogP contribution is 2.28. The van der Waals surface area contributed by atoms with Crippen LogP contribution in [0.1, 0.15) is 47.0 Å². The summed E-state index contributed by atoms with van der Waals surface area (Å²) in [7, 11) is 0. The zero-order valence-corrected chi connectivity index (χ0v) is 21.0. The Hall–Kier alpha value is -2.39. The molecule has 1 amide bonds. The van der Waals surface area contributed by atoms with Crippen LogP contribution in [-0.2, 0) is 4.79 Å². The number of aliphatic imine (C=N–C) groups is 1. The second-order valence-corrected chi connectivity index (χ2v) is 7.78. The third-order valence-electron chi connectivity index (χ3n) is 4.66. The van der Waals surface area contributed by atoms with Crippen LogP contribution in [0.5, 0.6) is 0 Å². The molecule has 1 fully saturated rings. The third kappa shape index (κ3) is 14.7. The van der Waals surface area contributed by atoms with E-state index in [2.05, 4.69) is 60.6 Å². The van der Waals surface area contributed by atoms with Gasteiger partial charge in [0.1, 0.15) is 0 Å². The number of hydrogen-bond acceptors (Lipinski definition) is 5. The Bertz CT molecular complexity index is 696. The predicted molar refractivity (Wildman–Crippen MR) is 136 cm³/mol. The van der Waals surface area contributed by atoms with Crippen LogP contribution >= 0.6 is 0 Å². The highest BCUT2D eigenvalue weighted by atomic mass is 19.4. The maximum atomic E-state index is 12.8. The van der Waals surface area contributed by atoms with Crippen molar-refractivity contribution in [1.29, 1.82) is 0 Å². The Labute approximate surface area is 203 Å². The van der Waals surface area contributed by atoms with Crippen LogP contribution in [0, 0.1) is 0 Å². The molecule has 0 saturated carbocycles. The van der Waals surface area contributed by atoms with Gasteiger partial charge in [-0.15, -0.1) is 0 Å². The van der Waals surface area contributed by atoms with Gasteiger partial charge in [0.15, 0.2) is 0 Å². The number of rotatable bonds is 9. The monoisotopic (exact) mass is 485 g/mol. The van der Waals surface area contributed by atoms with Crippen LogP contribution < -0.4 is 16.0 Å². The molecule has 0 radical (unpaired) electrons. The molecular formula is C25H42F3N5O. The molecule has 1 saturated heterocycles. The standard InChI is InChI=1S/C14H23F3N4O.C8H11N.C3H8/c1-11(12(10-18-2)14(15,16)17)20-5-3-8-21-9-7-19-6-4-13(21)22;1-2-9-8-6-4-3-5-7-8;1-3-2/h10-11,19-20H,2-9H2,1H3;3-7,9H,2H2,1H3;3H2,1-2H3/b12-10+;;. The van der Waals surface area contributed by atoms with Gasteiger partial charge in [-0.05, 0) is 45.7 Å². The summed E-state index contributed by atoms with van der Waals surface area (Å²) in [5.41, 5.74) is 0.442. The van der Waals surface area contributed by atoms with Crippen molar-refractivity contribution in [2.24, 2.45) is 4.99 Å². The molecule has 2 rings (SSSR count). The Morgan fingerprint density at radius 1 is 1.24 bits per heavy atom. The third-order valence-corrected chi connectivity index (χ3v) is 4.66. The SMILES string of the molecule is C=N/C=C(\C(C)NCCCN1CCNCCC1=O)C(F)(F)F.CCC.CCNc1ccccc1. The van der Waals surface area contributed by atoms with Gasteiger partial charge in [-0.3, -0.25) is 9.79 Å². The van der Waals surface area contributed by atoms with Crippen molar-refractivity contribution in [2.75, 3.05) is 44.6 Å². The minimum absolute atomic E-state index is 0.0878. The molecule has 6 nitrogen and oxygen atoms in total. The molecule has 34 heavy (non-hydrogen) atoms. The summed E-state index contributed by atoms with van der Waals surface area (Å²) in [5.74, 6) is 0.0878. The van der Waals surface area contributed by atoms with Gasteiger partial charge in [-0.2, -0.15) is 13.2 Å². The highest BCUT2D eigenvalue weighted by Gasteiger charge is 2.36. The minimum Gasteiger partial charge on any atom is -0.385 e. The lowest BCUT2D eigenvalue weighted by Gasteiger charge is -2.22. The maximum absolute atomic E-state index is 12.8. The Morgan fingerprint density at radius 3 is 2.44 bits per heavy atom. The van der Waals surface area contributed by atoms with Gasteiger partial charge in [0.2, 0.25) is 5.91 Å². The van der Waals surface area contributed by atoms with E-state index in [1.165, 1.54) is 19.0 Å². The molecule has 1 unspecified atom stereocenters. The van der Waals surface area contributed by atoms with E-state index in [4.69, 9.17) is 0 Å². The lowest BCUT2D eigenvalue weighted by atomic mass is 10.1.